The quantitative estimate of drug-likeness (QED) is 0.200. The molecule has 196 valence electrons. The van der Waals surface area contributed by atoms with Crippen molar-refractivity contribution in [3.63, 3.8) is 0 Å². The molecule has 0 spiro atoms. The molecule has 0 aliphatic carbocycles. The fourth-order valence-electron chi connectivity index (χ4n) is 3.81. The average Bonchev–Trinajstić information content (AvgIpc) is 3.31. The van der Waals surface area contributed by atoms with Crippen molar-refractivity contribution < 1.29 is 32.5 Å². The Balaban J connectivity index is 1.83. The summed E-state index contributed by atoms with van der Waals surface area (Å²) in [5.41, 5.74) is -0.149. The highest BCUT2D eigenvalue weighted by Crippen LogP contribution is 2.23. The number of carbonyl (C=O) groups excluding carboxylic acids is 2. The molecule has 0 radical (unpaired) electrons. The normalized spacial score (nSPS) is 12.1. The molecule has 2 amide bonds. The van der Waals surface area contributed by atoms with Crippen LogP contribution in [0.3, 0.4) is 0 Å². The van der Waals surface area contributed by atoms with E-state index in [0.717, 1.165) is 31.7 Å². The summed E-state index contributed by atoms with van der Waals surface area (Å²) >= 11 is 0. The molecule has 1 heterocycles. The number of unbranched alkanes of at least 4 members (excludes halogenated alkanes) is 3. The lowest BCUT2D eigenvalue weighted by Crippen LogP contribution is -2.26. The van der Waals surface area contributed by atoms with Crippen LogP contribution in [0.2, 0.25) is 0 Å². The Morgan fingerprint density at radius 3 is 2.32 bits per heavy atom. The Morgan fingerprint density at radius 1 is 0.973 bits per heavy atom. The van der Waals surface area contributed by atoms with Crippen molar-refractivity contribution in [2.75, 3.05) is 10.6 Å². The minimum atomic E-state index is -4.63. The van der Waals surface area contributed by atoms with Crippen molar-refractivity contribution in [2.45, 2.75) is 50.0 Å². The van der Waals surface area contributed by atoms with E-state index in [0.29, 0.717) is 6.42 Å². The summed E-state index contributed by atoms with van der Waals surface area (Å²) in [7, 11) is -4.63. The lowest BCUT2D eigenvalue weighted by molar-refractivity contribution is -0.119. The first-order valence-electron chi connectivity index (χ1n) is 11.7. The van der Waals surface area contributed by atoms with Crippen molar-refractivity contribution in [1.29, 1.82) is 0 Å². The summed E-state index contributed by atoms with van der Waals surface area (Å²) in [6, 6.07) is 10.5. The molecule has 0 saturated carbocycles. The smallest absolute Gasteiger partial charge is 0.337 e. The lowest BCUT2D eigenvalue weighted by atomic mass is 10.1. The van der Waals surface area contributed by atoms with Gasteiger partial charge in [0.15, 0.2) is 5.82 Å². The van der Waals surface area contributed by atoms with Crippen molar-refractivity contribution in [3.05, 3.63) is 72.2 Å². The predicted molar refractivity (Wildman–Crippen MR) is 136 cm³/mol. The van der Waals surface area contributed by atoms with E-state index >= 15 is 0 Å². The van der Waals surface area contributed by atoms with Gasteiger partial charge in [0, 0.05) is 6.20 Å². The number of nitrogens with zero attached hydrogens (tertiary/aromatic N) is 2. The van der Waals surface area contributed by atoms with Crippen molar-refractivity contribution in [1.82, 2.24) is 9.55 Å². The Morgan fingerprint density at radius 2 is 1.65 bits per heavy atom. The van der Waals surface area contributed by atoms with E-state index in [2.05, 4.69) is 22.5 Å². The first-order valence-corrected chi connectivity index (χ1v) is 13.1. The number of aromatic carboxylic acids is 1. The third-order valence-electron chi connectivity index (χ3n) is 5.66. The Bertz CT molecular complexity index is 1380. The molecular formula is C25H28N4O7S. The zero-order valence-corrected chi connectivity index (χ0v) is 20.9. The number of carboxylic acids is 1. The highest BCUT2D eigenvalue weighted by atomic mass is 32.2. The zero-order chi connectivity index (χ0) is 27.0. The second-order valence-corrected chi connectivity index (χ2v) is 9.73. The van der Waals surface area contributed by atoms with Gasteiger partial charge < -0.3 is 20.3 Å². The lowest BCUT2D eigenvalue weighted by Gasteiger charge is -2.19. The van der Waals surface area contributed by atoms with Gasteiger partial charge in [-0.2, -0.15) is 8.42 Å². The molecule has 3 aromatic rings. The molecule has 1 atom stereocenters. The highest BCUT2D eigenvalue weighted by Gasteiger charge is 2.24. The van der Waals surface area contributed by atoms with Gasteiger partial charge in [0.2, 0.25) is 5.91 Å². The summed E-state index contributed by atoms with van der Waals surface area (Å²) in [6.07, 6.45) is 6.86. The minimum Gasteiger partial charge on any atom is -0.478 e. The van der Waals surface area contributed by atoms with Gasteiger partial charge in [-0.3, -0.25) is 14.1 Å². The van der Waals surface area contributed by atoms with Crippen LogP contribution < -0.4 is 10.6 Å². The summed E-state index contributed by atoms with van der Waals surface area (Å²) in [6.45, 7) is 2.07. The maximum atomic E-state index is 13.2. The van der Waals surface area contributed by atoms with E-state index in [9.17, 15) is 32.5 Å². The van der Waals surface area contributed by atoms with Crippen LogP contribution in [0.25, 0.3) is 0 Å². The van der Waals surface area contributed by atoms with Crippen molar-refractivity contribution in [3.8, 4) is 0 Å². The van der Waals surface area contributed by atoms with Gasteiger partial charge in [-0.05, 0) is 30.7 Å². The molecule has 0 saturated heterocycles. The van der Waals surface area contributed by atoms with E-state index in [-0.39, 0.29) is 22.6 Å². The second-order valence-electron chi connectivity index (χ2n) is 8.34. The van der Waals surface area contributed by atoms with Crippen LogP contribution in [0.4, 0.5) is 11.5 Å². The molecular weight excluding hydrogens is 500 g/mol. The van der Waals surface area contributed by atoms with Crippen LogP contribution in [0.1, 0.15) is 65.8 Å². The molecule has 1 unspecified atom stereocenters. The number of amides is 2. The van der Waals surface area contributed by atoms with Gasteiger partial charge >= 0.3 is 5.97 Å². The standard InChI is InChI=1S/C25H28N4O7S/c1-2-3-4-5-13-20(24(31)27-19-12-8-6-10-17(19)25(32)33)29-15-22(26-16-29)28-23(30)18-11-7-9-14-21(18)37(34,35)36/h6-12,14-16,20H,2-5,13H2,1H3,(H,27,31)(H,28,30)(H,32,33)(H,34,35,36). The molecule has 0 bridgehead atoms. The van der Waals surface area contributed by atoms with Crippen LogP contribution in [-0.2, 0) is 14.9 Å². The van der Waals surface area contributed by atoms with Gasteiger partial charge in [-0.1, -0.05) is 56.9 Å². The van der Waals surface area contributed by atoms with Gasteiger partial charge in [0.1, 0.15) is 10.9 Å². The van der Waals surface area contributed by atoms with Crippen molar-refractivity contribution in [2.24, 2.45) is 0 Å². The Labute approximate surface area is 214 Å². The van der Waals surface area contributed by atoms with Crippen LogP contribution in [0.15, 0.2) is 66.0 Å². The number of carboxylic acid groups (broad SMARTS) is 1. The molecule has 4 N–H and O–H groups in total. The van der Waals surface area contributed by atoms with Crippen LogP contribution in [-0.4, -0.2) is 45.4 Å². The third-order valence-corrected chi connectivity index (χ3v) is 6.57. The number of aromatic nitrogens is 2. The average molecular weight is 529 g/mol. The summed E-state index contributed by atoms with van der Waals surface area (Å²) in [5, 5.41) is 14.6. The third kappa shape index (κ3) is 7.24. The molecule has 0 fully saturated rings. The number of anilines is 2. The fraction of sp³-hybridized carbons (Fsp3) is 0.280. The van der Waals surface area contributed by atoms with E-state index in [1.807, 2.05) is 0 Å². The van der Waals surface area contributed by atoms with E-state index in [1.54, 1.807) is 12.1 Å². The number of nitrogens with one attached hydrogen (secondary N) is 2. The number of hydrogen-bond donors (Lipinski definition) is 4. The molecule has 0 aliphatic rings. The molecule has 1 aromatic heterocycles. The largest absolute Gasteiger partial charge is 0.478 e. The second kappa shape index (κ2) is 12.3. The van der Waals surface area contributed by atoms with Crippen LogP contribution >= 0.6 is 0 Å². The molecule has 3 rings (SSSR count). The van der Waals surface area contributed by atoms with Gasteiger partial charge in [0.05, 0.1) is 23.1 Å². The Kier molecular flexibility index (Phi) is 9.15. The van der Waals surface area contributed by atoms with E-state index in [1.165, 1.54) is 47.4 Å². The van der Waals surface area contributed by atoms with Crippen LogP contribution in [0.5, 0.6) is 0 Å². The zero-order valence-electron chi connectivity index (χ0n) is 20.1. The number of carbonyl (C=O) groups is 3. The molecule has 12 heteroatoms. The summed E-state index contributed by atoms with van der Waals surface area (Å²) in [4.78, 5) is 41.0. The molecule has 37 heavy (non-hydrogen) atoms. The first-order chi connectivity index (χ1) is 17.6. The predicted octanol–water partition coefficient (Wildman–Crippen LogP) is 4.23. The first kappa shape index (κ1) is 27.6. The van der Waals surface area contributed by atoms with E-state index in [4.69, 9.17) is 0 Å². The van der Waals surface area contributed by atoms with Crippen molar-refractivity contribution >= 4 is 39.4 Å². The topological polar surface area (TPSA) is 168 Å². The number of para-hydroxylation sites is 1. The van der Waals surface area contributed by atoms with Crippen LogP contribution in [0, 0.1) is 0 Å². The molecule has 0 aliphatic heterocycles. The summed E-state index contributed by atoms with van der Waals surface area (Å²) in [5.74, 6) is -2.37. The highest BCUT2D eigenvalue weighted by molar-refractivity contribution is 7.86. The monoisotopic (exact) mass is 528 g/mol. The molecule has 11 nitrogen and oxygen atoms in total. The Hall–Kier alpha value is -4.03. The van der Waals surface area contributed by atoms with Gasteiger partial charge in [-0.25, -0.2) is 9.78 Å². The molecule has 2 aromatic carbocycles. The van der Waals surface area contributed by atoms with Gasteiger partial charge in [-0.15, -0.1) is 0 Å². The number of benzene rings is 2. The SMILES string of the molecule is CCCCCCC(C(=O)Nc1ccccc1C(=O)O)n1cnc(NC(=O)c2ccccc2S(=O)(=O)O)c1. The van der Waals surface area contributed by atoms with E-state index < -0.39 is 38.8 Å². The number of hydrogen-bond acceptors (Lipinski definition) is 6. The maximum Gasteiger partial charge on any atom is 0.337 e. The number of imidazole rings is 1. The van der Waals surface area contributed by atoms with Gasteiger partial charge in [0.25, 0.3) is 16.0 Å². The fourth-order valence-corrected chi connectivity index (χ4v) is 4.50. The number of rotatable bonds is 12. The summed E-state index contributed by atoms with van der Waals surface area (Å²) < 4.78 is 34.2. The maximum absolute atomic E-state index is 13.2. The minimum absolute atomic E-state index is 0.0448.